The van der Waals surface area contributed by atoms with Crippen LogP contribution in [0, 0.1) is 18.3 Å². The first-order chi connectivity index (χ1) is 8.72. The van der Waals surface area contributed by atoms with E-state index >= 15 is 0 Å². The quantitative estimate of drug-likeness (QED) is 0.820. The van der Waals surface area contributed by atoms with Crippen molar-refractivity contribution in [3.8, 4) is 23.3 Å². The molecule has 2 aromatic carbocycles. The fraction of sp³-hybridized carbons (Fsp3) is 0.133. The number of hydrogen-bond acceptors (Lipinski definition) is 3. The molecule has 0 heterocycles. The van der Waals surface area contributed by atoms with Crippen molar-refractivity contribution in [2.24, 2.45) is 0 Å². The van der Waals surface area contributed by atoms with Crippen LogP contribution in [0.4, 0.5) is 0 Å². The molecule has 18 heavy (non-hydrogen) atoms. The second kappa shape index (κ2) is 5.24. The molecular formula is C15H13NO2. The summed E-state index contributed by atoms with van der Waals surface area (Å²) >= 11 is 0. The van der Waals surface area contributed by atoms with Gasteiger partial charge < -0.3 is 9.47 Å². The highest BCUT2D eigenvalue weighted by Gasteiger charge is 2.03. The summed E-state index contributed by atoms with van der Waals surface area (Å²) in [6, 6.07) is 14.8. The Morgan fingerprint density at radius 2 is 1.67 bits per heavy atom. The molecule has 2 aromatic rings. The van der Waals surface area contributed by atoms with Crippen LogP contribution >= 0.6 is 0 Å². The Morgan fingerprint density at radius 3 is 2.22 bits per heavy atom. The van der Waals surface area contributed by atoms with Gasteiger partial charge in [0, 0.05) is 0 Å². The summed E-state index contributed by atoms with van der Waals surface area (Å²) in [6.45, 7) is 1.92. The zero-order valence-corrected chi connectivity index (χ0v) is 10.3. The van der Waals surface area contributed by atoms with Crippen LogP contribution < -0.4 is 9.47 Å². The van der Waals surface area contributed by atoms with Crippen LogP contribution in [0.3, 0.4) is 0 Å². The second-order valence-corrected chi connectivity index (χ2v) is 3.87. The lowest BCUT2D eigenvalue weighted by molar-refractivity contribution is 0.412. The molecule has 0 unspecified atom stereocenters. The molecule has 0 aromatic heterocycles. The standard InChI is InChI=1S/C15H13NO2/c1-11-9-12(10-16)3-8-15(11)18-14-6-4-13(17-2)5-7-14/h3-9H,1-2H3. The van der Waals surface area contributed by atoms with E-state index in [1.807, 2.05) is 31.2 Å². The Morgan fingerprint density at radius 1 is 1.00 bits per heavy atom. The van der Waals surface area contributed by atoms with Gasteiger partial charge in [-0.3, -0.25) is 0 Å². The van der Waals surface area contributed by atoms with Gasteiger partial charge in [0.15, 0.2) is 0 Å². The van der Waals surface area contributed by atoms with Gasteiger partial charge in [0.1, 0.15) is 17.2 Å². The van der Waals surface area contributed by atoms with Crippen LogP contribution in [0.15, 0.2) is 42.5 Å². The molecule has 0 aliphatic carbocycles. The Hall–Kier alpha value is -2.47. The van der Waals surface area contributed by atoms with Gasteiger partial charge in [0.05, 0.1) is 18.7 Å². The molecule has 3 heteroatoms. The van der Waals surface area contributed by atoms with Crippen molar-refractivity contribution in [3.63, 3.8) is 0 Å². The number of hydrogen-bond donors (Lipinski definition) is 0. The number of benzene rings is 2. The van der Waals surface area contributed by atoms with Gasteiger partial charge in [-0.1, -0.05) is 0 Å². The first-order valence-corrected chi connectivity index (χ1v) is 5.55. The van der Waals surface area contributed by atoms with Crippen molar-refractivity contribution < 1.29 is 9.47 Å². The Kier molecular flexibility index (Phi) is 3.49. The van der Waals surface area contributed by atoms with Crippen LogP contribution in [0.1, 0.15) is 11.1 Å². The average Bonchev–Trinajstić information content (AvgIpc) is 2.42. The van der Waals surface area contributed by atoms with Gasteiger partial charge in [-0.25, -0.2) is 0 Å². The number of methoxy groups -OCH3 is 1. The number of nitriles is 1. The van der Waals surface area contributed by atoms with Crippen molar-refractivity contribution in [3.05, 3.63) is 53.6 Å². The predicted molar refractivity (Wildman–Crippen MR) is 69.0 cm³/mol. The van der Waals surface area contributed by atoms with E-state index in [0.29, 0.717) is 5.56 Å². The summed E-state index contributed by atoms with van der Waals surface area (Å²) in [5.41, 5.74) is 1.57. The van der Waals surface area contributed by atoms with E-state index in [9.17, 15) is 0 Å². The molecule has 0 saturated carbocycles. The molecule has 0 N–H and O–H groups in total. The zero-order valence-electron chi connectivity index (χ0n) is 10.3. The molecule has 0 aliphatic heterocycles. The predicted octanol–water partition coefficient (Wildman–Crippen LogP) is 3.67. The molecule has 0 aliphatic rings. The van der Waals surface area contributed by atoms with Gasteiger partial charge in [0.25, 0.3) is 0 Å². The monoisotopic (exact) mass is 239 g/mol. The van der Waals surface area contributed by atoms with Crippen LogP contribution in [-0.4, -0.2) is 7.11 Å². The first-order valence-electron chi connectivity index (χ1n) is 5.55. The number of aryl methyl sites for hydroxylation is 1. The smallest absolute Gasteiger partial charge is 0.130 e. The summed E-state index contributed by atoms with van der Waals surface area (Å²) in [5, 5.41) is 8.80. The van der Waals surface area contributed by atoms with Crippen LogP contribution in [0.2, 0.25) is 0 Å². The van der Waals surface area contributed by atoms with Crippen molar-refractivity contribution >= 4 is 0 Å². The molecule has 3 nitrogen and oxygen atoms in total. The van der Waals surface area contributed by atoms with E-state index < -0.39 is 0 Å². The summed E-state index contributed by atoms with van der Waals surface area (Å²) in [5.74, 6) is 2.28. The molecule has 0 spiro atoms. The molecule has 0 radical (unpaired) electrons. The highest BCUT2D eigenvalue weighted by molar-refractivity contribution is 5.43. The Balaban J connectivity index is 2.20. The van der Waals surface area contributed by atoms with E-state index in [0.717, 1.165) is 22.8 Å². The fourth-order valence-electron chi connectivity index (χ4n) is 1.60. The molecule has 90 valence electrons. The molecule has 0 fully saturated rings. The number of rotatable bonds is 3. The zero-order chi connectivity index (χ0) is 13.0. The third kappa shape index (κ3) is 2.61. The lowest BCUT2D eigenvalue weighted by atomic mass is 10.1. The summed E-state index contributed by atoms with van der Waals surface area (Å²) in [4.78, 5) is 0. The lowest BCUT2D eigenvalue weighted by Gasteiger charge is -2.09. The maximum atomic E-state index is 8.80. The normalized spacial score (nSPS) is 9.61. The summed E-state index contributed by atoms with van der Waals surface area (Å²) < 4.78 is 10.8. The first kappa shape index (κ1) is 12.0. The van der Waals surface area contributed by atoms with Crippen LogP contribution in [-0.2, 0) is 0 Å². The SMILES string of the molecule is COc1ccc(Oc2ccc(C#N)cc2C)cc1. The average molecular weight is 239 g/mol. The van der Waals surface area contributed by atoms with E-state index in [2.05, 4.69) is 6.07 Å². The topological polar surface area (TPSA) is 42.2 Å². The van der Waals surface area contributed by atoms with E-state index in [-0.39, 0.29) is 0 Å². The fourth-order valence-corrected chi connectivity index (χ4v) is 1.60. The highest BCUT2D eigenvalue weighted by atomic mass is 16.5. The van der Waals surface area contributed by atoms with Gasteiger partial charge in [-0.15, -0.1) is 0 Å². The molecule has 0 atom stereocenters. The minimum atomic E-state index is 0.634. The molecular weight excluding hydrogens is 226 g/mol. The summed E-state index contributed by atoms with van der Waals surface area (Å²) in [7, 11) is 1.63. The molecule has 2 rings (SSSR count). The third-order valence-electron chi connectivity index (χ3n) is 2.59. The van der Waals surface area contributed by atoms with Crippen molar-refractivity contribution in [2.75, 3.05) is 7.11 Å². The maximum absolute atomic E-state index is 8.80. The molecule has 0 bridgehead atoms. The third-order valence-corrected chi connectivity index (χ3v) is 2.59. The van der Waals surface area contributed by atoms with Gasteiger partial charge in [-0.05, 0) is 55.0 Å². The Bertz CT molecular complexity index is 582. The molecule has 0 amide bonds. The van der Waals surface area contributed by atoms with Gasteiger partial charge >= 0.3 is 0 Å². The van der Waals surface area contributed by atoms with Crippen molar-refractivity contribution in [2.45, 2.75) is 6.92 Å². The van der Waals surface area contributed by atoms with E-state index in [1.54, 1.807) is 25.3 Å². The summed E-state index contributed by atoms with van der Waals surface area (Å²) in [6.07, 6.45) is 0. The second-order valence-electron chi connectivity index (χ2n) is 3.87. The van der Waals surface area contributed by atoms with Crippen molar-refractivity contribution in [1.82, 2.24) is 0 Å². The maximum Gasteiger partial charge on any atom is 0.130 e. The van der Waals surface area contributed by atoms with Crippen LogP contribution in [0.5, 0.6) is 17.2 Å². The largest absolute Gasteiger partial charge is 0.497 e. The highest BCUT2D eigenvalue weighted by Crippen LogP contribution is 2.26. The van der Waals surface area contributed by atoms with Crippen molar-refractivity contribution in [1.29, 1.82) is 5.26 Å². The van der Waals surface area contributed by atoms with Gasteiger partial charge in [0.2, 0.25) is 0 Å². The van der Waals surface area contributed by atoms with E-state index in [1.165, 1.54) is 0 Å². The minimum absolute atomic E-state index is 0.634. The Labute approximate surface area is 106 Å². The lowest BCUT2D eigenvalue weighted by Crippen LogP contribution is -1.89. The van der Waals surface area contributed by atoms with E-state index in [4.69, 9.17) is 14.7 Å². The minimum Gasteiger partial charge on any atom is -0.497 e. The number of nitrogens with zero attached hydrogens (tertiary/aromatic N) is 1. The number of ether oxygens (including phenoxy) is 2. The van der Waals surface area contributed by atoms with Gasteiger partial charge in [-0.2, -0.15) is 5.26 Å². The molecule has 0 saturated heterocycles. The van der Waals surface area contributed by atoms with Crippen LogP contribution in [0.25, 0.3) is 0 Å².